The Balaban J connectivity index is 2.89. The largest absolute Gasteiger partial charge is 0.326 e. The summed E-state index contributed by atoms with van der Waals surface area (Å²) >= 11 is 0. The Morgan fingerprint density at radius 2 is 2.07 bits per heavy atom. The minimum absolute atomic E-state index is 0.112. The van der Waals surface area contributed by atoms with Gasteiger partial charge >= 0.3 is 0 Å². The monoisotopic (exact) mass is 229 g/mol. The van der Waals surface area contributed by atoms with Gasteiger partial charge in [-0.1, -0.05) is 19.9 Å². The van der Waals surface area contributed by atoms with Gasteiger partial charge in [0.15, 0.2) is 0 Å². The Hall–Kier alpha value is -0.740. The van der Waals surface area contributed by atoms with Gasteiger partial charge in [0.25, 0.3) is 0 Å². The Labute approximate surface area is 92.1 Å². The second-order valence-corrected chi connectivity index (χ2v) is 5.68. The van der Waals surface area contributed by atoms with Crippen LogP contribution in [0.1, 0.15) is 25.0 Å². The standard InChI is InChI=1S/C11H16FNOS/c1-8(2)15(14)7-9-3-4-11(12)5-10(9)6-13/h3-5,8H,6-7,13H2,1-2H3. The fourth-order valence-corrected chi connectivity index (χ4v) is 2.17. The highest BCUT2D eigenvalue weighted by atomic mass is 32.2. The van der Waals surface area contributed by atoms with Crippen LogP contribution in [0.3, 0.4) is 0 Å². The normalized spacial score (nSPS) is 13.1. The number of halogens is 1. The van der Waals surface area contributed by atoms with E-state index >= 15 is 0 Å². The Bertz CT molecular complexity index is 366. The highest BCUT2D eigenvalue weighted by Crippen LogP contribution is 2.14. The van der Waals surface area contributed by atoms with Crippen molar-refractivity contribution in [2.75, 3.05) is 0 Å². The van der Waals surface area contributed by atoms with Crippen molar-refractivity contribution in [1.82, 2.24) is 0 Å². The first kappa shape index (κ1) is 12.3. The third kappa shape index (κ3) is 3.39. The summed E-state index contributed by atoms with van der Waals surface area (Å²) in [6.07, 6.45) is 0. The lowest BCUT2D eigenvalue weighted by atomic mass is 10.1. The summed E-state index contributed by atoms with van der Waals surface area (Å²) < 4.78 is 24.5. The predicted octanol–water partition coefficient (Wildman–Crippen LogP) is 1.94. The van der Waals surface area contributed by atoms with Gasteiger partial charge in [-0.15, -0.1) is 0 Å². The molecule has 0 saturated carbocycles. The van der Waals surface area contributed by atoms with Crippen molar-refractivity contribution < 1.29 is 8.60 Å². The maximum absolute atomic E-state index is 12.9. The first-order valence-electron chi connectivity index (χ1n) is 4.89. The first-order chi connectivity index (χ1) is 7.04. The van der Waals surface area contributed by atoms with E-state index in [1.165, 1.54) is 12.1 Å². The lowest BCUT2D eigenvalue weighted by Crippen LogP contribution is -2.11. The van der Waals surface area contributed by atoms with E-state index in [4.69, 9.17) is 5.73 Å². The second-order valence-electron chi connectivity index (χ2n) is 3.69. The molecule has 2 nitrogen and oxygen atoms in total. The number of benzene rings is 1. The summed E-state index contributed by atoms with van der Waals surface area (Å²) in [5.41, 5.74) is 7.13. The van der Waals surface area contributed by atoms with Gasteiger partial charge < -0.3 is 5.73 Å². The summed E-state index contributed by atoms with van der Waals surface area (Å²) in [4.78, 5) is 0. The van der Waals surface area contributed by atoms with Crippen LogP contribution in [0.5, 0.6) is 0 Å². The van der Waals surface area contributed by atoms with E-state index in [9.17, 15) is 8.60 Å². The van der Waals surface area contributed by atoms with Crippen molar-refractivity contribution in [3.63, 3.8) is 0 Å². The van der Waals surface area contributed by atoms with Crippen molar-refractivity contribution >= 4 is 10.8 Å². The van der Waals surface area contributed by atoms with Crippen LogP contribution in [0.2, 0.25) is 0 Å². The molecule has 0 aliphatic heterocycles. The molecule has 0 spiro atoms. The molecule has 0 saturated heterocycles. The highest BCUT2D eigenvalue weighted by molar-refractivity contribution is 7.84. The minimum Gasteiger partial charge on any atom is -0.326 e. The lowest BCUT2D eigenvalue weighted by Gasteiger charge is -2.09. The summed E-state index contributed by atoms with van der Waals surface area (Å²) in [6.45, 7) is 4.09. The first-order valence-corrected chi connectivity index (χ1v) is 6.27. The quantitative estimate of drug-likeness (QED) is 0.857. The Kier molecular flexibility index (Phi) is 4.42. The fourth-order valence-electron chi connectivity index (χ4n) is 1.25. The van der Waals surface area contributed by atoms with Crippen LogP contribution in [-0.2, 0) is 23.1 Å². The van der Waals surface area contributed by atoms with Crippen molar-refractivity contribution in [2.24, 2.45) is 5.73 Å². The van der Waals surface area contributed by atoms with Crippen molar-refractivity contribution in [2.45, 2.75) is 31.4 Å². The summed E-state index contributed by atoms with van der Waals surface area (Å²) in [7, 11) is -0.919. The minimum atomic E-state index is -0.919. The molecule has 84 valence electrons. The molecule has 1 unspecified atom stereocenters. The van der Waals surface area contributed by atoms with Crippen LogP contribution in [0.4, 0.5) is 4.39 Å². The van der Waals surface area contributed by atoms with Crippen LogP contribution in [-0.4, -0.2) is 9.46 Å². The smallest absolute Gasteiger partial charge is 0.123 e. The molecule has 0 bridgehead atoms. The zero-order valence-corrected chi connectivity index (χ0v) is 9.81. The van der Waals surface area contributed by atoms with Crippen LogP contribution >= 0.6 is 0 Å². The van der Waals surface area contributed by atoms with Gasteiger partial charge in [0.05, 0.1) is 0 Å². The topological polar surface area (TPSA) is 43.1 Å². The molecule has 1 atom stereocenters. The van der Waals surface area contributed by atoms with Gasteiger partial charge in [0, 0.05) is 28.3 Å². The van der Waals surface area contributed by atoms with Crippen molar-refractivity contribution in [1.29, 1.82) is 0 Å². The maximum atomic E-state index is 12.9. The van der Waals surface area contributed by atoms with Gasteiger partial charge in [-0.25, -0.2) is 4.39 Å². The van der Waals surface area contributed by atoms with E-state index in [1.54, 1.807) is 6.07 Å². The number of nitrogens with two attached hydrogens (primary N) is 1. The molecule has 0 amide bonds. The molecule has 1 aromatic rings. The molecule has 4 heteroatoms. The Morgan fingerprint density at radius 3 is 2.60 bits per heavy atom. The molecule has 15 heavy (non-hydrogen) atoms. The van der Waals surface area contributed by atoms with E-state index in [1.807, 2.05) is 13.8 Å². The van der Waals surface area contributed by atoms with Crippen LogP contribution < -0.4 is 5.73 Å². The predicted molar refractivity (Wildman–Crippen MR) is 61.3 cm³/mol. The molecular formula is C11H16FNOS. The average Bonchev–Trinajstić information content (AvgIpc) is 2.20. The van der Waals surface area contributed by atoms with Crippen molar-refractivity contribution in [3.8, 4) is 0 Å². The van der Waals surface area contributed by atoms with E-state index in [0.29, 0.717) is 5.75 Å². The van der Waals surface area contributed by atoms with Gasteiger partial charge in [-0.3, -0.25) is 4.21 Å². The maximum Gasteiger partial charge on any atom is 0.123 e. The molecule has 0 fully saturated rings. The molecular weight excluding hydrogens is 213 g/mol. The van der Waals surface area contributed by atoms with Crippen LogP contribution in [0.15, 0.2) is 18.2 Å². The van der Waals surface area contributed by atoms with Gasteiger partial charge in [0.1, 0.15) is 5.82 Å². The Morgan fingerprint density at radius 1 is 1.40 bits per heavy atom. The van der Waals surface area contributed by atoms with Gasteiger partial charge in [-0.2, -0.15) is 0 Å². The van der Waals surface area contributed by atoms with Crippen LogP contribution in [0.25, 0.3) is 0 Å². The highest BCUT2D eigenvalue weighted by Gasteiger charge is 2.09. The zero-order valence-electron chi connectivity index (χ0n) is 9.00. The molecule has 1 rings (SSSR count). The number of rotatable bonds is 4. The van der Waals surface area contributed by atoms with Gasteiger partial charge in [0.2, 0.25) is 0 Å². The molecule has 0 radical (unpaired) electrons. The SMILES string of the molecule is CC(C)S(=O)Cc1ccc(F)cc1CN. The molecule has 2 N–H and O–H groups in total. The molecule has 0 aromatic heterocycles. The summed E-state index contributed by atoms with van der Waals surface area (Å²) in [5.74, 6) is 0.152. The molecule has 0 aliphatic carbocycles. The average molecular weight is 229 g/mol. The third-order valence-electron chi connectivity index (χ3n) is 2.21. The molecule has 1 aromatic carbocycles. The molecule has 0 heterocycles. The molecule has 0 aliphatic rings. The summed E-state index contributed by atoms with van der Waals surface area (Å²) in [6, 6.07) is 4.46. The second kappa shape index (κ2) is 5.37. The van der Waals surface area contributed by atoms with E-state index in [0.717, 1.165) is 11.1 Å². The van der Waals surface area contributed by atoms with E-state index < -0.39 is 10.8 Å². The summed E-state index contributed by atoms with van der Waals surface area (Å²) in [5, 5.41) is 0.112. The number of hydrogen-bond donors (Lipinski definition) is 1. The van der Waals surface area contributed by atoms with E-state index in [-0.39, 0.29) is 17.6 Å². The fraction of sp³-hybridized carbons (Fsp3) is 0.455. The van der Waals surface area contributed by atoms with Crippen LogP contribution in [0, 0.1) is 5.82 Å². The lowest BCUT2D eigenvalue weighted by molar-refractivity contribution is 0.624. The number of hydrogen-bond acceptors (Lipinski definition) is 2. The van der Waals surface area contributed by atoms with Crippen molar-refractivity contribution in [3.05, 3.63) is 35.1 Å². The van der Waals surface area contributed by atoms with E-state index in [2.05, 4.69) is 0 Å². The van der Waals surface area contributed by atoms with Gasteiger partial charge in [-0.05, 0) is 23.3 Å². The zero-order chi connectivity index (χ0) is 11.4. The third-order valence-corrected chi connectivity index (χ3v) is 3.86.